The van der Waals surface area contributed by atoms with Crippen LogP contribution in [0.25, 0.3) is 0 Å². The number of fused-ring (bicyclic) bond motifs is 2. The third-order valence-corrected chi connectivity index (χ3v) is 7.91. The summed E-state index contributed by atoms with van der Waals surface area (Å²) >= 11 is 0. The zero-order chi connectivity index (χ0) is 24.0. The number of nitrogens with zero attached hydrogens (tertiary/aromatic N) is 1. The average molecular weight is 491 g/mol. The molecule has 3 unspecified atom stereocenters. The molecule has 2 heterocycles. The van der Waals surface area contributed by atoms with E-state index < -0.39 is 33.5 Å². The summed E-state index contributed by atoms with van der Waals surface area (Å²) in [5.74, 6) is -2.51. The van der Waals surface area contributed by atoms with Crippen LogP contribution in [0.4, 0.5) is 0 Å². The molecular formula is C23H26N2O6S2. The molecular weight excluding hydrogens is 464 g/mol. The lowest BCUT2D eigenvalue weighted by atomic mass is 9.97. The molecule has 0 amide bonds. The first kappa shape index (κ1) is 25.0. The van der Waals surface area contributed by atoms with E-state index in [2.05, 4.69) is 16.3 Å². The number of nitrogens with one attached hydrogen (secondary N) is 1. The Morgan fingerprint density at radius 2 is 1.70 bits per heavy atom. The molecule has 1 saturated heterocycles. The number of benzene rings is 2. The van der Waals surface area contributed by atoms with Crippen LogP contribution < -0.4 is 5.32 Å². The van der Waals surface area contributed by atoms with E-state index >= 15 is 0 Å². The molecule has 8 nitrogen and oxygen atoms in total. The van der Waals surface area contributed by atoms with Crippen molar-refractivity contribution in [2.45, 2.75) is 27.1 Å². The summed E-state index contributed by atoms with van der Waals surface area (Å²) in [4.78, 5) is 24.2. The van der Waals surface area contributed by atoms with Crippen LogP contribution in [-0.2, 0) is 37.6 Å². The van der Waals surface area contributed by atoms with Crippen LogP contribution in [0.3, 0.4) is 0 Å². The van der Waals surface area contributed by atoms with Crippen LogP contribution in [-0.4, -0.2) is 67.9 Å². The van der Waals surface area contributed by atoms with Crippen LogP contribution >= 0.6 is 0 Å². The third-order valence-electron chi connectivity index (χ3n) is 5.42. The Bertz CT molecular complexity index is 1100. The molecule has 33 heavy (non-hydrogen) atoms. The van der Waals surface area contributed by atoms with Gasteiger partial charge in [-0.25, -0.2) is 13.8 Å². The van der Waals surface area contributed by atoms with Gasteiger partial charge in [0.25, 0.3) is 0 Å². The molecule has 10 heteroatoms. The lowest BCUT2D eigenvalue weighted by Gasteiger charge is -2.35. The molecule has 4 rings (SSSR count). The highest BCUT2D eigenvalue weighted by atomic mass is 32.2. The van der Waals surface area contributed by atoms with E-state index in [9.17, 15) is 18.0 Å². The second-order valence-corrected chi connectivity index (χ2v) is 10.3. The third kappa shape index (κ3) is 6.44. The van der Waals surface area contributed by atoms with Crippen LogP contribution in [0, 0.1) is 0 Å². The van der Waals surface area contributed by atoms with Gasteiger partial charge in [-0.2, -0.15) is 0 Å². The van der Waals surface area contributed by atoms with Gasteiger partial charge in [0.15, 0.2) is 0 Å². The number of rotatable bonds is 4. The quantitative estimate of drug-likeness (QED) is 0.555. The van der Waals surface area contributed by atoms with Crippen molar-refractivity contribution < 1.29 is 28.2 Å². The highest BCUT2D eigenvalue weighted by molar-refractivity contribution is 7.85. The fourth-order valence-corrected chi connectivity index (χ4v) is 5.87. The normalized spacial score (nSPS) is 21.1. The van der Waals surface area contributed by atoms with Gasteiger partial charge in [-0.1, -0.05) is 18.2 Å². The summed E-state index contributed by atoms with van der Waals surface area (Å²) in [6.07, 6.45) is 3.66. The van der Waals surface area contributed by atoms with E-state index in [-0.39, 0.29) is 6.04 Å². The van der Waals surface area contributed by atoms with Crippen LogP contribution in [0.2, 0.25) is 0 Å². The number of hydrogen-bond donors (Lipinski definition) is 3. The van der Waals surface area contributed by atoms with E-state index in [0.717, 1.165) is 58.4 Å². The van der Waals surface area contributed by atoms with Gasteiger partial charge in [-0.15, -0.1) is 0 Å². The summed E-state index contributed by atoms with van der Waals surface area (Å²) in [5.41, 5.74) is 2.23. The summed E-state index contributed by atoms with van der Waals surface area (Å²) in [6, 6.07) is 14.0. The van der Waals surface area contributed by atoms with Gasteiger partial charge in [0.05, 0.1) is 10.8 Å². The fourth-order valence-electron chi connectivity index (χ4n) is 3.89. The lowest BCUT2D eigenvalue weighted by Crippen LogP contribution is -2.45. The monoisotopic (exact) mass is 490 g/mol. The Morgan fingerprint density at radius 1 is 1.06 bits per heavy atom. The molecule has 0 aromatic heterocycles. The minimum Gasteiger partial charge on any atom is -0.478 e. The number of carboxylic acids is 2. The standard InChI is InChI=1S/C19H22N2O2S2.C4H4O4/c1-24(22)15-6-7-19-16(13-15)17(21-10-8-20-9-11-21)12-14-4-2-3-5-18(14)25(19)23;5-3(6)1-2-4(7)8/h2-7,13,17,20H,8-12H2,1H3;1-2H,(H,5,6)(H,7,8)/b;2-1+. The van der Waals surface area contributed by atoms with Crippen LogP contribution in [0.15, 0.2) is 69.3 Å². The first-order valence-corrected chi connectivity index (χ1v) is 13.0. The second-order valence-electron chi connectivity index (χ2n) is 7.55. The summed E-state index contributed by atoms with van der Waals surface area (Å²) < 4.78 is 25.3. The average Bonchev–Trinajstić information content (AvgIpc) is 2.93. The van der Waals surface area contributed by atoms with Crippen molar-refractivity contribution >= 4 is 33.5 Å². The Hall–Kier alpha value is -2.66. The summed E-state index contributed by atoms with van der Waals surface area (Å²) in [7, 11) is -2.24. The van der Waals surface area contributed by atoms with Gasteiger partial charge in [-0.05, 0) is 41.8 Å². The van der Waals surface area contributed by atoms with Crippen molar-refractivity contribution in [3.05, 3.63) is 65.7 Å². The predicted molar refractivity (Wildman–Crippen MR) is 125 cm³/mol. The zero-order valence-corrected chi connectivity index (χ0v) is 19.7. The fraction of sp³-hybridized carbons (Fsp3) is 0.304. The van der Waals surface area contributed by atoms with Gasteiger partial charge in [0.1, 0.15) is 0 Å². The number of hydrogen-bond acceptors (Lipinski definition) is 6. The van der Waals surface area contributed by atoms with Gasteiger partial charge < -0.3 is 15.5 Å². The molecule has 2 aromatic rings. The molecule has 1 fully saturated rings. The zero-order valence-electron chi connectivity index (χ0n) is 18.1. The second kappa shape index (κ2) is 11.5. The predicted octanol–water partition coefficient (Wildman–Crippen LogP) is 1.80. The van der Waals surface area contributed by atoms with E-state index in [1.54, 1.807) is 6.26 Å². The SMILES string of the molecule is CS(=O)c1ccc2c(c1)C(N1CCNCC1)Cc1ccccc1S2=O.O=C(O)/C=C/C(=O)O. The molecule has 0 saturated carbocycles. The molecule has 2 aliphatic rings. The van der Waals surface area contributed by atoms with Crippen molar-refractivity contribution in [2.24, 2.45) is 0 Å². The van der Waals surface area contributed by atoms with Crippen molar-refractivity contribution in [3.8, 4) is 0 Å². The number of carboxylic acid groups (broad SMARTS) is 2. The Morgan fingerprint density at radius 3 is 2.30 bits per heavy atom. The van der Waals surface area contributed by atoms with Gasteiger partial charge in [0, 0.05) is 76.1 Å². The van der Waals surface area contributed by atoms with Crippen molar-refractivity contribution in [1.82, 2.24) is 10.2 Å². The van der Waals surface area contributed by atoms with Gasteiger partial charge in [-0.3, -0.25) is 9.11 Å². The summed E-state index contributed by atoms with van der Waals surface area (Å²) in [6.45, 7) is 3.88. The topological polar surface area (TPSA) is 124 Å². The first-order valence-electron chi connectivity index (χ1n) is 10.3. The molecule has 2 aliphatic heterocycles. The lowest BCUT2D eigenvalue weighted by molar-refractivity contribution is -0.134. The van der Waals surface area contributed by atoms with Crippen LogP contribution in [0.5, 0.6) is 0 Å². The molecule has 0 bridgehead atoms. The molecule has 2 aromatic carbocycles. The highest BCUT2D eigenvalue weighted by Gasteiger charge is 2.31. The molecule has 0 aliphatic carbocycles. The largest absolute Gasteiger partial charge is 0.478 e. The Balaban J connectivity index is 0.000000331. The van der Waals surface area contributed by atoms with E-state index in [4.69, 9.17) is 10.2 Å². The maximum absolute atomic E-state index is 13.2. The molecule has 0 radical (unpaired) electrons. The molecule has 3 atom stereocenters. The van der Waals surface area contributed by atoms with E-state index in [0.29, 0.717) is 12.2 Å². The van der Waals surface area contributed by atoms with Gasteiger partial charge in [0.2, 0.25) is 0 Å². The van der Waals surface area contributed by atoms with Crippen molar-refractivity contribution in [1.29, 1.82) is 0 Å². The smallest absolute Gasteiger partial charge is 0.328 e. The molecule has 3 N–H and O–H groups in total. The Kier molecular flexibility index (Phi) is 8.67. The maximum Gasteiger partial charge on any atom is 0.328 e. The van der Waals surface area contributed by atoms with Crippen molar-refractivity contribution in [2.75, 3.05) is 32.4 Å². The highest BCUT2D eigenvalue weighted by Crippen LogP contribution is 2.38. The van der Waals surface area contributed by atoms with E-state index in [1.165, 1.54) is 0 Å². The molecule has 176 valence electrons. The van der Waals surface area contributed by atoms with Crippen LogP contribution in [0.1, 0.15) is 17.2 Å². The van der Waals surface area contributed by atoms with E-state index in [1.807, 2.05) is 36.4 Å². The van der Waals surface area contributed by atoms with Crippen molar-refractivity contribution in [3.63, 3.8) is 0 Å². The number of piperazine rings is 1. The Labute approximate surface area is 197 Å². The number of aliphatic carboxylic acids is 2. The summed E-state index contributed by atoms with van der Waals surface area (Å²) in [5, 5.41) is 19.0. The first-order chi connectivity index (χ1) is 15.8. The number of carbonyl (C=O) groups is 2. The molecule has 0 spiro atoms. The maximum atomic E-state index is 13.2. The van der Waals surface area contributed by atoms with Gasteiger partial charge >= 0.3 is 11.9 Å². The minimum atomic E-state index is -1.26. The minimum absolute atomic E-state index is 0.174.